The molecule has 1 aromatic rings. The molecule has 2 fully saturated rings. The van der Waals surface area contributed by atoms with E-state index in [1.165, 1.54) is 0 Å². The number of hydrogen-bond donors (Lipinski definition) is 2. The maximum absolute atomic E-state index is 11.1. The molecule has 6 heteroatoms. The van der Waals surface area contributed by atoms with Crippen LogP contribution in [-0.2, 0) is 16.1 Å². The second-order valence-corrected chi connectivity index (χ2v) is 6.13. The third kappa shape index (κ3) is 3.75. The molecule has 1 aliphatic heterocycles. The van der Waals surface area contributed by atoms with Gasteiger partial charge in [0.15, 0.2) is 0 Å². The van der Waals surface area contributed by atoms with Gasteiger partial charge in [-0.25, -0.2) is 0 Å². The number of aromatic nitrogens is 2. The van der Waals surface area contributed by atoms with E-state index in [9.17, 15) is 4.79 Å². The second kappa shape index (κ2) is 6.47. The van der Waals surface area contributed by atoms with Crippen LogP contribution in [0.4, 0.5) is 5.69 Å². The Labute approximate surface area is 124 Å². The molecule has 116 valence electrons. The van der Waals surface area contributed by atoms with E-state index in [4.69, 9.17) is 9.84 Å². The van der Waals surface area contributed by atoms with Crippen LogP contribution in [0.15, 0.2) is 12.4 Å². The predicted molar refractivity (Wildman–Crippen MR) is 78.2 cm³/mol. The van der Waals surface area contributed by atoms with E-state index < -0.39 is 5.97 Å². The van der Waals surface area contributed by atoms with Gasteiger partial charge >= 0.3 is 5.97 Å². The molecule has 1 aliphatic carbocycles. The number of carboxylic acids is 1. The first-order valence-corrected chi connectivity index (χ1v) is 7.84. The number of nitrogens with zero attached hydrogens (tertiary/aromatic N) is 2. The lowest BCUT2D eigenvalue weighted by Crippen LogP contribution is -2.30. The van der Waals surface area contributed by atoms with Gasteiger partial charge in [0.25, 0.3) is 0 Å². The Morgan fingerprint density at radius 3 is 3.10 bits per heavy atom. The summed E-state index contributed by atoms with van der Waals surface area (Å²) in [7, 11) is 0. The lowest BCUT2D eigenvalue weighted by atomic mass is 9.86. The fourth-order valence-electron chi connectivity index (χ4n) is 3.32. The summed E-state index contributed by atoms with van der Waals surface area (Å²) in [5.41, 5.74) is 0.976. The normalized spacial score (nSPS) is 29.4. The van der Waals surface area contributed by atoms with Crippen molar-refractivity contribution >= 4 is 11.7 Å². The van der Waals surface area contributed by atoms with Gasteiger partial charge in [-0.1, -0.05) is 6.42 Å². The number of carbonyl (C=O) groups is 1. The molecular weight excluding hydrogens is 270 g/mol. The fourth-order valence-corrected chi connectivity index (χ4v) is 3.32. The van der Waals surface area contributed by atoms with Gasteiger partial charge in [0.05, 0.1) is 30.5 Å². The van der Waals surface area contributed by atoms with E-state index in [0.29, 0.717) is 6.42 Å². The van der Waals surface area contributed by atoms with Gasteiger partial charge in [0.1, 0.15) is 0 Å². The van der Waals surface area contributed by atoms with Crippen molar-refractivity contribution in [3.05, 3.63) is 12.4 Å². The summed E-state index contributed by atoms with van der Waals surface area (Å²) in [6.45, 7) is 1.65. The molecule has 0 spiro atoms. The zero-order chi connectivity index (χ0) is 14.7. The summed E-state index contributed by atoms with van der Waals surface area (Å²) in [6.07, 6.45) is 9.83. The summed E-state index contributed by atoms with van der Waals surface area (Å²) in [5.74, 6) is -0.881. The summed E-state index contributed by atoms with van der Waals surface area (Å²) < 4.78 is 7.52. The first kappa shape index (κ1) is 14.4. The standard InChI is InChI=1S/C15H23N3O3/c19-15(20)11-3-1-4-12(7-11)17-13-8-16-18(9-13)10-14-5-2-6-21-14/h8-9,11-12,14,17H,1-7,10H2,(H,19,20). The van der Waals surface area contributed by atoms with Gasteiger partial charge in [0.2, 0.25) is 0 Å². The number of nitrogens with one attached hydrogen (secondary N) is 1. The van der Waals surface area contributed by atoms with Crippen LogP contribution in [-0.4, -0.2) is 39.6 Å². The highest BCUT2D eigenvalue weighted by molar-refractivity contribution is 5.70. The van der Waals surface area contributed by atoms with E-state index in [1.807, 2.05) is 17.1 Å². The van der Waals surface area contributed by atoms with Crippen molar-refractivity contribution in [3.8, 4) is 0 Å². The molecule has 1 saturated heterocycles. The predicted octanol–water partition coefficient (Wildman–Crippen LogP) is 2.12. The average molecular weight is 293 g/mol. The van der Waals surface area contributed by atoms with Crippen LogP contribution in [0.2, 0.25) is 0 Å². The lowest BCUT2D eigenvalue weighted by molar-refractivity contribution is -0.142. The van der Waals surface area contributed by atoms with Gasteiger partial charge in [0, 0.05) is 18.8 Å². The summed E-state index contributed by atoms with van der Waals surface area (Å²) in [6, 6.07) is 0.236. The minimum Gasteiger partial charge on any atom is -0.481 e. The molecular formula is C15H23N3O3. The minimum absolute atomic E-state index is 0.210. The van der Waals surface area contributed by atoms with Crippen LogP contribution in [0.5, 0.6) is 0 Å². The Balaban J connectivity index is 1.52. The molecule has 1 saturated carbocycles. The Hall–Kier alpha value is -1.56. The number of hydrogen-bond acceptors (Lipinski definition) is 4. The number of rotatable bonds is 5. The highest BCUT2D eigenvalue weighted by Crippen LogP contribution is 2.27. The molecule has 1 aromatic heterocycles. The topological polar surface area (TPSA) is 76.4 Å². The van der Waals surface area contributed by atoms with Gasteiger partial charge in [-0.2, -0.15) is 5.10 Å². The smallest absolute Gasteiger partial charge is 0.306 e. The highest BCUT2D eigenvalue weighted by atomic mass is 16.5. The molecule has 0 bridgehead atoms. The van der Waals surface area contributed by atoms with Crippen LogP contribution < -0.4 is 5.32 Å². The molecule has 2 heterocycles. The summed E-state index contributed by atoms with van der Waals surface area (Å²) >= 11 is 0. The van der Waals surface area contributed by atoms with Gasteiger partial charge in [-0.05, 0) is 32.1 Å². The van der Waals surface area contributed by atoms with Crippen molar-refractivity contribution in [2.45, 2.75) is 57.2 Å². The molecule has 0 radical (unpaired) electrons. The Morgan fingerprint density at radius 2 is 2.33 bits per heavy atom. The second-order valence-electron chi connectivity index (χ2n) is 6.13. The van der Waals surface area contributed by atoms with Crippen molar-refractivity contribution in [2.24, 2.45) is 5.92 Å². The van der Waals surface area contributed by atoms with E-state index in [1.54, 1.807) is 0 Å². The van der Waals surface area contributed by atoms with Gasteiger partial charge in [-0.3, -0.25) is 9.48 Å². The molecule has 3 rings (SSSR count). The zero-order valence-electron chi connectivity index (χ0n) is 12.2. The number of carboxylic acid groups (broad SMARTS) is 1. The summed E-state index contributed by atoms with van der Waals surface area (Å²) in [5, 5.41) is 16.9. The first-order chi connectivity index (χ1) is 10.2. The maximum Gasteiger partial charge on any atom is 0.306 e. The Morgan fingerprint density at radius 1 is 1.43 bits per heavy atom. The highest BCUT2D eigenvalue weighted by Gasteiger charge is 2.27. The SMILES string of the molecule is O=C(O)C1CCCC(Nc2cnn(CC3CCCO3)c2)C1. The average Bonchev–Trinajstić information content (AvgIpc) is 3.12. The fraction of sp³-hybridized carbons (Fsp3) is 0.733. The van der Waals surface area contributed by atoms with Gasteiger partial charge < -0.3 is 15.2 Å². The third-order valence-electron chi connectivity index (χ3n) is 4.44. The van der Waals surface area contributed by atoms with Gasteiger partial charge in [-0.15, -0.1) is 0 Å². The van der Waals surface area contributed by atoms with Crippen LogP contribution >= 0.6 is 0 Å². The zero-order valence-corrected chi connectivity index (χ0v) is 12.2. The first-order valence-electron chi connectivity index (χ1n) is 7.84. The van der Waals surface area contributed by atoms with Crippen LogP contribution in [0.3, 0.4) is 0 Å². The van der Waals surface area contributed by atoms with Crippen molar-refractivity contribution in [3.63, 3.8) is 0 Å². The maximum atomic E-state index is 11.1. The largest absolute Gasteiger partial charge is 0.481 e. The van der Waals surface area contributed by atoms with Crippen molar-refractivity contribution < 1.29 is 14.6 Å². The Bertz CT molecular complexity index is 482. The van der Waals surface area contributed by atoms with Crippen LogP contribution in [0.1, 0.15) is 38.5 Å². The number of anilines is 1. The Kier molecular flexibility index (Phi) is 4.43. The van der Waals surface area contributed by atoms with Crippen LogP contribution in [0, 0.1) is 5.92 Å². The van der Waals surface area contributed by atoms with Crippen molar-refractivity contribution in [1.29, 1.82) is 0 Å². The number of aliphatic carboxylic acids is 1. The monoisotopic (exact) mass is 293 g/mol. The van der Waals surface area contributed by atoms with Crippen molar-refractivity contribution in [2.75, 3.05) is 11.9 Å². The molecule has 21 heavy (non-hydrogen) atoms. The molecule has 0 amide bonds. The van der Waals surface area contributed by atoms with Crippen LogP contribution in [0.25, 0.3) is 0 Å². The molecule has 6 nitrogen and oxygen atoms in total. The minimum atomic E-state index is -0.671. The van der Waals surface area contributed by atoms with E-state index in [-0.39, 0.29) is 18.1 Å². The summed E-state index contributed by atoms with van der Waals surface area (Å²) in [4.78, 5) is 11.1. The van der Waals surface area contributed by atoms with E-state index >= 15 is 0 Å². The molecule has 0 aromatic carbocycles. The van der Waals surface area contributed by atoms with Crippen molar-refractivity contribution in [1.82, 2.24) is 9.78 Å². The molecule has 3 atom stereocenters. The van der Waals surface area contributed by atoms with E-state index in [0.717, 1.165) is 50.9 Å². The third-order valence-corrected chi connectivity index (χ3v) is 4.44. The molecule has 2 N–H and O–H groups in total. The molecule has 2 aliphatic rings. The van der Waals surface area contributed by atoms with E-state index in [2.05, 4.69) is 10.4 Å². The lowest BCUT2D eigenvalue weighted by Gasteiger charge is -2.27. The number of ether oxygens (including phenoxy) is 1. The molecule has 3 unspecified atom stereocenters. The quantitative estimate of drug-likeness (QED) is 0.869.